The van der Waals surface area contributed by atoms with Crippen molar-refractivity contribution in [3.63, 3.8) is 0 Å². The second-order valence-electron chi connectivity index (χ2n) is 8.04. The number of halogens is 1. The summed E-state index contributed by atoms with van der Waals surface area (Å²) in [5, 5.41) is 5.34. The largest absolute Gasteiger partial charge is 0.478 e. The zero-order chi connectivity index (χ0) is 21.0. The Labute approximate surface area is 182 Å². The van der Waals surface area contributed by atoms with Crippen molar-refractivity contribution < 1.29 is 9.13 Å². The van der Waals surface area contributed by atoms with Gasteiger partial charge >= 0.3 is 0 Å². The van der Waals surface area contributed by atoms with Crippen molar-refractivity contribution in [1.29, 1.82) is 0 Å². The normalized spacial score (nSPS) is 16.2. The number of pyridine rings is 1. The van der Waals surface area contributed by atoms with Crippen molar-refractivity contribution in [3.05, 3.63) is 66.0 Å². The maximum absolute atomic E-state index is 13.8. The Morgan fingerprint density at radius 1 is 1.03 bits per heavy atom. The second kappa shape index (κ2) is 8.94. The predicted molar refractivity (Wildman–Crippen MR) is 124 cm³/mol. The molecule has 5 rings (SSSR count). The molecular formula is C25H27FN4O. The van der Waals surface area contributed by atoms with E-state index in [1.165, 1.54) is 6.07 Å². The third kappa shape index (κ3) is 4.49. The minimum Gasteiger partial charge on any atom is -0.478 e. The first-order valence-corrected chi connectivity index (χ1v) is 11.0. The number of anilines is 2. The molecule has 0 saturated carbocycles. The van der Waals surface area contributed by atoms with Crippen molar-refractivity contribution in [3.8, 4) is 5.88 Å². The first-order chi connectivity index (χ1) is 15.3. The summed E-state index contributed by atoms with van der Waals surface area (Å²) in [5.74, 6) is 1.39. The van der Waals surface area contributed by atoms with Crippen LogP contribution >= 0.6 is 0 Å². The molecule has 160 valence electrons. The third-order valence-corrected chi connectivity index (χ3v) is 5.99. The van der Waals surface area contributed by atoms with Gasteiger partial charge in [0.15, 0.2) is 0 Å². The minimum absolute atomic E-state index is 0.181. The molecule has 2 aliphatic heterocycles. The summed E-state index contributed by atoms with van der Waals surface area (Å²) >= 11 is 0. The molecule has 2 aromatic carbocycles. The summed E-state index contributed by atoms with van der Waals surface area (Å²) in [6, 6.07) is 15.2. The van der Waals surface area contributed by atoms with Crippen molar-refractivity contribution in [2.75, 3.05) is 56.1 Å². The van der Waals surface area contributed by atoms with Crippen LogP contribution in [0.15, 0.2) is 54.6 Å². The van der Waals surface area contributed by atoms with E-state index in [4.69, 9.17) is 4.74 Å². The number of benzene rings is 2. The molecular weight excluding hydrogens is 391 g/mol. The maximum Gasteiger partial charge on any atom is 0.215 e. The van der Waals surface area contributed by atoms with Gasteiger partial charge in [0, 0.05) is 62.0 Å². The fourth-order valence-electron chi connectivity index (χ4n) is 4.33. The Bertz CT molecular complexity index is 1090. The highest BCUT2D eigenvalue weighted by molar-refractivity contribution is 5.94. The standard InChI is InChI=1S/C25H27FN4O/c26-21-9-7-19-4-1-6-23(22(19)18-21)30-15-13-29(14-16-30)12-3-17-31-24-10-8-20-5-2-11-27-25(20)28-24/h1-2,4-10,18H,3,11-17H2,(H,27,28). The van der Waals surface area contributed by atoms with Gasteiger partial charge in [0.25, 0.3) is 0 Å². The molecule has 2 aliphatic rings. The van der Waals surface area contributed by atoms with Gasteiger partial charge in [0.05, 0.1) is 6.61 Å². The Hall–Kier alpha value is -3.12. The SMILES string of the molecule is Fc1ccc2cccc(N3CCN(CCCOc4ccc5c(n4)NCC=C5)CC3)c2c1. The molecule has 0 amide bonds. The number of aromatic nitrogens is 1. The zero-order valence-corrected chi connectivity index (χ0v) is 17.6. The van der Waals surface area contributed by atoms with Crippen LogP contribution in [-0.2, 0) is 0 Å². The average molecular weight is 419 g/mol. The predicted octanol–water partition coefficient (Wildman–Crippen LogP) is 4.40. The number of ether oxygens (including phenoxy) is 1. The number of hydrogen-bond donors (Lipinski definition) is 1. The van der Waals surface area contributed by atoms with E-state index in [0.717, 1.165) is 73.5 Å². The summed E-state index contributed by atoms with van der Waals surface area (Å²) in [5.41, 5.74) is 2.23. The Morgan fingerprint density at radius 3 is 2.84 bits per heavy atom. The van der Waals surface area contributed by atoms with E-state index < -0.39 is 0 Å². The van der Waals surface area contributed by atoms with E-state index in [0.29, 0.717) is 12.5 Å². The van der Waals surface area contributed by atoms with E-state index in [9.17, 15) is 4.39 Å². The topological polar surface area (TPSA) is 40.6 Å². The summed E-state index contributed by atoms with van der Waals surface area (Å²) in [7, 11) is 0. The van der Waals surface area contributed by atoms with Crippen molar-refractivity contribution in [1.82, 2.24) is 9.88 Å². The van der Waals surface area contributed by atoms with E-state index in [2.05, 4.69) is 44.4 Å². The van der Waals surface area contributed by atoms with Crippen LogP contribution in [0.1, 0.15) is 12.0 Å². The van der Waals surface area contributed by atoms with Crippen LogP contribution in [0.3, 0.4) is 0 Å². The highest BCUT2D eigenvalue weighted by atomic mass is 19.1. The zero-order valence-electron chi connectivity index (χ0n) is 17.6. The lowest BCUT2D eigenvalue weighted by atomic mass is 10.1. The van der Waals surface area contributed by atoms with Gasteiger partial charge in [0.2, 0.25) is 5.88 Å². The minimum atomic E-state index is -0.181. The molecule has 6 heteroatoms. The van der Waals surface area contributed by atoms with Gasteiger partial charge in [-0.05, 0) is 36.1 Å². The second-order valence-corrected chi connectivity index (χ2v) is 8.04. The lowest BCUT2D eigenvalue weighted by molar-refractivity contribution is 0.222. The fraction of sp³-hybridized carbons (Fsp3) is 0.320. The molecule has 31 heavy (non-hydrogen) atoms. The number of hydrogen-bond acceptors (Lipinski definition) is 5. The van der Waals surface area contributed by atoms with E-state index >= 15 is 0 Å². The van der Waals surface area contributed by atoms with Crippen molar-refractivity contribution in [2.24, 2.45) is 0 Å². The summed E-state index contributed by atoms with van der Waals surface area (Å²) in [4.78, 5) is 9.38. The highest BCUT2D eigenvalue weighted by Gasteiger charge is 2.18. The smallest absolute Gasteiger partial charge is 0.215 e. The van der Waals surface area contributed by atoms with Crippen LogP contribution in [0.2, 0.25) is 0 Å². The Kier molecular flexibility index (Phi) is 5.71. The molecule has 1 saturated heterocycles. The van der Waals surface area contributed by atoms with E-state index in [1.54, 1.807) is 6.07 Å². The van der Waals surface area contributed by atoms with Crippen molar-refractivity contribution >= 4 is 28.4 Å². The van der Waals surface area contributed by atoms with E-state index in [-0.39, 0.29) is 5.82 Å². The molecule has 0 unspecified atom stereocenters. The maximum atomic E-state index is 13.8. The number of nitrogens with one attached hydrogen (secondary N) is 1. The van der Waals surface area contributed by atoms with Crippen LogP contribution in [0, 0.1) is 5.82 Å². The molecule has 0 aliphatic carbocycles. The van der Waals surface area contributed by atoms with Crippen LogP contribution < -0.4 is 15.0 Å². The quantitative estimate of drug-likeness (QED) is 0.601. The summed E-state index contributed by atoms with van der Waals surface area (Å²) < 4.78 is 19.6. The summed E-state index contributed by atoms with van der Waals surface area (Å²) in [6.07, 6.45) is 5.13. The first-order valence-electron chi connectivity index (χ1n) is 11.0. The van der Waals surface area contributed by atoms with Crippen LogP contribution in [-0.4, -0.2) is 55.8 Å². The number of piperazine rings is 1. The molecule has 0 radical (unpaired) electrons. The number of fused-ring (bicyclic) bond motifs is 2. The lowest BCUT2D eigenvalue weighted by Crippen LogP contribution is -2.46. The van der Waals surface area contributed by atoms with E-state index in [1.807, 2.05) is 24.3 Å². The van der Waals surface area contributed by atoms with Gasteiger partial charge in [0.1, 0.15) is 11.6 Å². The summed E-state index contributed by atoms with van der Waals surface area (Å²) in [6.45, 7) is 6.36. The van der Waals surface area contributed by atoms with Gasteiger partial charge in [-0.3, -0.25) is 4.90 Å². The molecule has 1 aromatic heterocycles. The monoisotopic (exact) mass is 418 g/mol. The van der Waals surface area contributed by atoms with Crippen LogP contribution in [0.4, 0.5) is 15.9 Å². The van der Waals surface area contributed by atoms with Crippen LogP contribution in [0.25, 0.3) is 16.8 Å². The molecule has 0 spiro atoms. The van der Waals surface area contributed by atoms with Gasteiger partial charge in [-0.25, -0.2) is 4.39 Å². The average Bonchev–Trinajstić information content (AvgIpc) is 2.82. The molecule has 1 fully saturated rings. The van der Waals surface area contributed by atoms with Crippen LogP contribution in [0.5, 0.6) is 5.88 Å². The number of rotatable bonds is 6. The Morgan fingerprint density at radius 2 is 1.94 bits per heavy atom. The lowest BCUT2D eigenvalue weighted by Gasteiger charge is -2.36. The van der Waals surface area contributed by atoms with Gasteiger partial charge in [-0.15, -0.1) is 0 Å². The first kappa shape index (κ1) is 19.8. The highest BCUT2D eigenvalue weighted by Crippen LogP contribution is 2.28. The molecule has 5 nitrogen and oxygen atoms in total. The molecule has 0 atom stereocenters. The molecule has 3 aromatic rings. The molecule has 3 heterocycles. The molecule has 1 N–H and O–H groups in total. The third-order valence-electron chi connectivity index (χ3n) is 5.99. The molecule has 0 bridgehead atoms. The number of nitrogens with zero attached hydrogens (tertiary/aromatic N) is 3. The Balaban J connectivity index is 1.10. The van der Waals surface area contributed by atoms with Crippen molar-refractivity contribution in [2.45, 2.75) is 6.42 Å². The fourth-order valence-corrected chi connectivity index (χ4v) is 4.33. The van der Waals surface area contributed by atoms with Gasteiger partial charge in [-0.2, -0.15) is 4.98 Å². The van der Waals surface area contributed by atoms with Gasteiger partial charge in [-0.1, -0.05) is 30.4 Å². The van der Waals surface area contributed by atoms with Gasteiger partial charge < -0.3 is 15.0 Å².